The second-order valence-corrected chi connectivity index (χ2v) is 6.68. The molecule has 1 aliphatic heterocycles. The average Bonchev–Trinajstić information content (AvgIpc) is 2.92. The molecule has 2 aromatic carbocycles. The largest absolute Gasteiger partial charge is 0.497 e. The average molecular weight is 335 g/mol. The van der Waals surface area contributed by atoms with Crippen molar-refractivity contribution >= 4 is 27.5 Å². The molecule has 1 saturated heterocycles. The van der Waals surface area contributed by atoms with Crippen molar-refractivity contribution in [1.29, 1.82) is 0 Å². The third-order valence-corrected chi connectivity index (χ3v) is 5.20. The Morgan fingerprint density at radius 3 is 3.04 bits per heavy atom. The van der Waals surface area contributed by atoms with Gasteiger partial charge >= 0.3 is 0 Å². The molecule has 0 bridgehead atoms. The zero-order valence-corrected chi connectivity index (χ0v) is 14.5. The normalized spacial score (nSPS) is 18.5. The Labute approximate surface area is 147 Å². The van der Waals surface area contributed by atoms with Crippen LogP contribution in [0.15, 0.2) is 30.6 Å². The van der Waals surface area contributed by atoms with Gasteiger partial charge in [0, 0.05) is 13.1 Å². The van der Waals surface area contributed by atoms with E-state index in [0.29, 0.717) is 5.92 Å². The van der Waals surface area contributed by atoms with Crippen LogP contribution in [0.2, 0.25) is 0 Å². The zero-order valence-electron chi connectivity index (χ0n) is 14.5. The zero-order chi connectivity index (χ0) is 17.2. The molecule has 1 atom stereocenters. The summed E-state index contributed by atoms with van der Waals surface area (Å²) in [5.41, 5.74) is 6.82. The lowest BCUT2D eigenvalue weighted by molar-refractivity contribution is 0.415. The van der Waals surface area contributed by atoms with Gasteiger partial charge in [0.15, 0.2) is 0 Å². The van der Waals surface area contributed by atoms with Crippen LogP contribution in [0.1, 0.15) is 19.3 Å². The second kappa shape index (κ2) is 6.84. The number of rotatable bonds is 3. The van der Waals surface area contributed by atoms with E-state index >= 15 is 0 Å². The molecule has 0 spiro atoms. The van der Waals surface area contributed by atoms with Gasteiger partial charge in [0.05, 0.1) is 18.0 Å². The molecule has 5 heteroatoms. The van der Waals surface area contributed by atoms with Crippen molar-refractivity contribution in [3.05, 3.63) is 36.7 Å². The summed E-state index contributed by atoms with van der Waals surface area (Å²) >= 11 is 0. The van der Waals surface area contributed by atoms with Crippen LogP contribution in [0.25, 0.3) is 21.7 Å². The molecule has 25 heavy (non-hydrogen) atoms. The smallest absolute Gasteiger partial charge is 0.140 e. The van der Waals surface area contributed by atoms with Crippen LogP contribution in [0.3, 0.4) is 0 Å². The predicted molar refractivity (Wildman–Crippen MR) is 101 cm³/mol. The topological polar surface area (TPSA) is 64.3 Å². The van der Waals surface area contributed by atoms with E-state index in [9.17, 15) is 0 Å². The molecule has 0 saturated carbocycles. The van der Waals surface area contributed by atoms with E-state index in [0.717, 1.165) is 65.7 Å². The summed E-state index contributed by atoms with van der Waals surface area (Å²) in [4.78, 5) is 11.5. The highest BCUT2D eigenvalue weighted by molar-refractivity contribution is 6.11. The van der Waals surface area contributed by atoms with Crippen molar-refractivity contribution in [1.82, 2.24) is 9.97 Å². The highest BCUT2D eigenvalue weighted by atomic mass is 16.5. The number of nitrogens with zero attached hydrogens (tertiary/aromatic N) is 3. The van der Waals surface area contributed by atoms with Gasteiger partial charge in [-0.1, -0.05) is 0 Å². The number of ether oxygens (including phenoxy) is 1. The molecule has 2 N–H and O–H groups in total. The van der Waals surface area contributed by atoms with E-state index in [4.69, 9.17) is 10.5 Å². The SMILES string of the molecule is COc1ccc2c([c]cc3ncnc(N4CCCC(CN)CC4)c32)c1. The number of hydrogen-bond acceptors (Lipinski definition) is 5. The Morgan fingerprint density at radius 1 is 1.28 bits per heavy atom. The quantitative estimate of drug-likeness (QED) is 0.745. The maximum absolute atomic E-state index is 5.89. The molecule has 129 valence electrons. The Bertz CT molecular complexity index is 895. The monoisotopic (exact) mass is 335 g/mol. The van der Waals surface area contributed by atoms with Crippen LogP contribution in [0.5, 0.6) is 5.75 Å². The molecule has 1 aromatic heterocycles. The minimum Gasteiger partial charge on any atom is -0.497 e. The summed E-state index contributed by atoms with van der Waals surface area (Å²) < 4.78 is 5.35. The maximum atomic E-state index is 5.89. The molecule has 1 aliphatic rings. The fourth-order valence-electron chi connectivity index (χ4n) is 3.74. The molecule has 2 heterocycles. The number of hydrogen-bond donors (Lipinski definition) is 1. The number of nitrogens with two attached hydrogens (primary N) is 1. The van der Waals surface area contributed by atoms with E-state index in [1.807, 2.05) is 18.2 Å². The first-order valence-corrected chi connectivity index (χ1v) is 8.88. The molecular formula is C20H23N4O. The van der Waals surface area contributed by atoms with Crippen molar-refractivity contribution in [2.24, 2.45) is 11.7 Å². The molecule has 4 rings (SSSR count). The van der Waals surface area contributed by atoms with Crippen molar-refractivity contribution in [3.63, 3.8) is 0 Å². The Hall–Kier alpha value is -2.40. The Balaban J connectivity index is 1.84. The van der Waals surface area contributed by atoms with Crippen LogP contribution in [0.4, 0.5) is 5.82 Å². The van der Waals surface area contributed by atoms with E-state index < -0.39 is 0 Å². The molecule has 0 aliphatic carbocycles. The summed E-state index contributed by atoms with van der Waals surface area (Å²) in [6.07, 6.45) is 5.12. The lowest BCUT2D eigenvalue weighted by atomic mass is 10.0. The third-order valence-electron chi connectivity index (χ3n) is 5.20. The van der Waals surface area contributed by atoms with Gasteiger partial charge in [0.1, 0.15) is 17.9 Å². The summed E-state index contributed by atoms with van der Waals surface area (Å²) in [5.74, 6) is 2.47. The minimum absolute atomic E-state index is 0.618. The highest BCUT2D eigenvalue weighted by Gasteiger charge is 2.20. The molecule has 0 amide bonds. The summed E-state index contributed by atoms with van der Waals surface area (Å²) in [6, 6.07) is 11.4. The minimum atomic E-state index is 0.618. The summed E-state index contributed by atoms with van der Waals surface area (Å²) in [5, 5.41) is 3.25. The number of anilines is 1. The van der Waals surface area contributed by atoms with Crippen molar-refractivity contribution in [2.45, 2.75) is 19.3 Å². The predicted octanol–water partition coefficient (Wildman–Crippen LogP) is 3.16. The van der Waals surface area contributed by atoms with Crippen LogP contribution in [-0.2, 0) is 0 Å². The first-order valence-electron chi connectivity index (χ1n) is 8.88. The van der Waals surface area contributed by atoms with Gasteiger partial charge in [0.25, 0.3) is 0 Å². The van der Waals surface area contributed by atoms with Crippen LogP contribution in [0, 0.1) is 12.0 Å². The van der Waals surface area contributed by atoms with Crippen LogP contribution < -0.4 is 15.4 Å². The molecule has 5 nitrogen and oxygen atoms in total. The van der Waals surface area contributed by atoms with Crippen molar-refractivity contribution in [2.75, 3.05) is 31.6 Å². The molecule has 1 unspecified atom stereocenters. The lowest BCUT2D eigenvalue weighted by Gasteiger charge is -2.23. The van der Waals surface area contributed by atoms with E-state index in [1.165, 1.54) is 6.42 Å². The van der Waals surface area contributed by atoms with Crippen LogP contribution in [-0.4, -0.2) is 36.7 Å². The van der Waals surface area contributed by atoms with Crippen LogP contribution >= 0.6 is 0 Å². The van der Waals surface area contributed by atoms with E-state index in [1.54, 1.807) is 13.4 Å². The highest BCUT2D eigenvalue weighted by Crippen LogP contribution is 2.33. The number of benzene rings is 2. The van der Waals surface area contributed by atoms with Gasteiger partial charge in [-0.05, 0) is 72.8 Å². The molecule has 3 aromatic rings. The fraction of sp³-hybridized carbons (Fsp3) is 0.400. The van der Waals surface area contributed by atoms with E-state index in [2.05, 4.69) is 27.0 Å². The number of aromatic nitrogens is 2. The number of methoxy groups -OCH3 is 1. The standard InChI is InChI=1S/C20H23N4O/c1-25-16-5-6-17-15(11-16)4-7-18-19(17)20(23-13-22-18)24-9-2-3-14(12-21)8-10-24/h5-7,11,13-14H,2-3,8-10,12,21H2,1H3. The van der Waals surface area contributed by atoms with Gasteiger partial charge in [-0.25, -0.2) is 9.97 Å². The first-order chi connectivity index (χ1) is 12.3. The van der Waals surface area contributed by atoms with E-state index in [-0.39, 0.29) is 0 Å². The van der Waals surface area contributed by atoms with Crippen molar-refractivity contribution < 1.29 is 4.74 Å². The fourth-order valence-corrected chi connectivity index (χ4v) is 3.74. The maximum Gasteiger partial charge on any atom is 0.140 e. The molecule has 1 fully saturated rings. The molecule has 1 radical (unpaired) electrons. The van der Waals surface area contributed by atoms with Gasteiger partial charge in [0.2, 0.25) is 0 Å². The lowest BCUT2D eigenvalue weighted by Crippen LogP contribution is -2.26. The number of fused-ring (bicyclic) bond motifs is 3. The van der Waals surface area contributed by atoms with Gasteiger partial charge in [-0.2, -0.15) is 0 Å². The summed E-state index contributed by atoms with van der Waals surface area (Å²) in [7, 11) is 1.68. The third kappa shape index (κ3) is 3.00. The Morgan fingerprint density at radius 2 is 2.20 bits per heavy atom. The second-order valence-electron chi connectivity index (χ2n) is 6.68. The van der Waals surface area contributed by atoms with Gasteiger partial charge < -0.3 is 15.4 Å². The summed E-state index contributed by atoms with van der Waals surface area (Å²) in [6.45, 7) is 2.78. The van der Waals surface area contributed by atoms with Crippen molar-refractivity contribution in [3.8, 4) is 5.75 Å². The Kier molecular flexibility index (Phi) is 4.40. The first kappa shape index (κ1) is 16.1. The molecular weight excluding hydrogens is 312 g/mol. The van der Waals surface area contributed by atoms with Gasteiger partial charge in [-0.3, -0.25) is 0 Å². The van der Waals surface area contributed by atoms with Gasteiger partial charge in [-0.15, -0.1) is 0 Å².